The third-order valence-corrected chi connectivity index (χ3v) is 3.87. The van der Waals surface area contributed by atoms with E-state index >= 15 is 0 Å². The van der Waals surface area contributed by atoms with Crippen molar-refractivity contribution in [2.45, 2.75) is 39.2 Å². The Hall–Kier alpha value is -1.22. The van der Waals surface area contributed by atoms with Gasteiger partial charge < -0.3 is 15.0 Å². The summed E-state index contributed by atoms with van der Waals surface area (Å²) in [5, 5.41) is 3.55. The maximum absolute atomic E-state index is 5.58. The molecule has 1 atom stereocenters. The number of aryl methyl sites for hydroxylation is 1. The van der Waals surface area contributed by atoms with Crippen LogP contribution in [0.4, 0.5) is 5.69 Å². The van der Waals surface area contributed by atoms with Crippen molar-refractivity contribution < 1.29 is 4.74 Å². The third kappa shape index (κ3) is 3.87. The van der Waals surface area contributed by atoms with Crippen molar-refractivity contribution in [3.63, 3.8) is 0 Å². The molecule has 1 unspecified atom stereocenters. The van der Waals surface area contributed by atoms with Crippen molar-refractivity contribution in [1.82, 2.24) is 5.32 Å². The zero-order valence-electron chi connectivity index (χ0n) is 12.4. The smallest absolute Gasteiger partial charge is 0.122 e. The summed E-state index contributed by atoms with van der Waals surface area (Å²) in [6, 6.07) is 7.16. The van der Waals surface area contributed by atoms with E-state index in [1.165, 1.54) is 37.1 Å². The molecule has 1 aliphatic heterocycles. The summed E-state index contributed by atoms with van der Waals surface area (Å²) >= 11 is 0. The van der Waals surface area contributed by atoms with Gasteiger partial charge in [-0.2, -0.15) is 0 Å². The molecule has 0 bridgehead atoms. The number of nitrogens with one attached hydrogen (secondary N) is 1. The first-order valence-corrected chi connectivity index (χ1v) is 7.38. The topological polar surface area (TPSA) is 24.5 Å². The summed E-state index contributed by atoms with van der Waals surface area (Å²) in [6.45, 7) is 7.15. The van der Waals surface area contributed by atoms with E-state index in [9.17, 15) is 0 Å². The summed E-state index contributed by atoms with van der Waals surface area (Å²) in [5.41, 5.74) is 2.49. The van der Waals surface area contributed by atoms with E-state index in [-0.39, 0.29) is 0 Å². The van der Waals surface area contributed by atoms with Gasteiger partial charge >= 0.3 is 0 Å². The van der Waals surface area contributed by atoms with Gasteiger partial charge in [0, 0.05) is 25.3 Å². The van der Waals surface area contributed by atoms with Gasteiger partial charge in [-0.1, -0.05) is 0 Å². The number of nitrogens with zero attached hydrogens (tertiary/aromatic N) is 1. The third-order valence-electron chi connectivity index (χ3n) is 3.87. The lowest BCUT2D eigenvalue weighted by atomic mass is 10.1. The minimum absolute atomic E-state index is 0.714. The fourth-order valence-corrected chi connectivity index (χ4v) is 2.67. The molecule has 1 heterocycles. The Morgan fingerprint density at radius 3 is 2.89 bits per heavy atom. The van der Waals surface area contributed by atoms with Crippen LogP contribution < -0.4 is 15.0 Å². The summed E-state index contributed by atoms with van der Waals surface area (Å²) < 4.78 is 5.58. The number of benzene rings is 1. The maximum Gasteiger partial charge on any atom is 0.122 e. The van der Waals surface area contributed by atoms with Gasteiger partial charge in [0.2, 0.25) is 0 Å². The van der Waals surface area contributed by atoms with Crippen molar-refractivity contribution in [3.05, 3.63) is 23.8 Å². The fourth-order valence-electron chi connectivity index (χ4n) is 2.67. The Morgan fingerprint density at radius 2 is 2.26 bits per heavy atom. The van der Waals surface area contributed by atoms with E-state index < -0.39 is 0 Å². The average Bonchev–Trinajstić information content (AvgIpc) is 2.91. The predicted molar refractivity (Wildman–Crippen MR) is 81.3 cm³/mol. The van der Waals surface area contributed by atoms with Crippen LogP contribution in [0.2, 0.25) is 0 Å². The maximum atomic E-state index is 5.58. The molecule has 1 N–H and O–H groups in total. The van der Waals surface area contributed by atoms with Crippen molar-refractivity contribution in [1.29, 1.82) is 0 Å². The minimum atomic E-state index is 0.714. The highest BCUT2D eigenvalue weighted by Gasteiger charge is 2.14. The van der Waals surface area contributed by atoms with E-state index in [0.717, 1.165) is 18.9 Å². The van der Waals surface area contributed by atoms with Crippen LogP contribution in [0.5, 0.6) is 5.75 Å². The quantitative estimate of drug-likeness (QED) is 0.853. The van der Waals surface area contributed by atoms with E-state index in [1.54, 1.807) is 0 Å². The van der Waals surface area contributed by atoms with Gasteiger partial charge in [0.25, 0.3) is 0 Å². The van der Waals surface area contributed by atoms with Gasteiger partial charge in [-0.3, -0.25) is 0 Å². The van der Waals surface area contributed by atoms with Crippen LogP contribution in [0.25, 0.3) is 0 Å². The van der Waals surface area contributed by atoms with Crippen LogP contribution in [0.3, 0.4) is 0 Å². The highest BCUT2D eigenvalue weighted by Crippen LogP contribution is 2.24. The molecule has 3 heteroatoms. The zero-order valence-corrected chi connectivity index (χ0v) is 12.4. The Labute approximate surface area is 116 Å². The molecule has 0 aliphatic carbocycles. The minimum Gasteiger partial charge on any atom is -0.494 e. The van der Waals surface area contributed by atoms with E-state index in [1.807, 2.05) is 6.92 Å². The van der Waals surface area contributed by atoms with Gasteiger partial charge in [0.05, 0.1) is 6.61 Å². The van der Waals surface area contributed by atoms with Gasteiger partial charge in [0.15, 0.2) is 0 Å². The SMILES string of the molecule is CCOc1ccc(N(C)CCC2CCCN2)cc1C. The molecule has 0 saturated carbocycles. The normalized spacial score (nSPS) is 18.6. The number of hydrogen-bond acceptors (Lipinski definition) is 3. The number of anilines is 1. The molecule has 0 amide bonds. The average molecular weight is 262 g/mol. The molecule has 1 fully saturated rings. The molecule has 19 heavy (non-hydrogen) atoms. The van der Waals surface area contributed by atoms with Crippen molar-refractivity contribution >= 4 is 5.69 Å². The number of rotatable bonds is 6. The fraction of sp³-hybridized carbons (Fsp3) is 0.625. The molecule has 1 aliphatic rings. The Kier molecular flexibility index (Phi) is 5.08. The Bertz CT molecular complexity index is 400. The monoisotopic (exact) mass is 262 g/mol. The van der Waals surface area contributed by atoms with Crippen molar-refractivity contribution in [3.8, 4) is 5.75 Å². The van der Waals surface area contributed by atoms with Gasteiger partial charge in [0.1, 0.15) is 5.75 Å². The molecular weight excluding hydrogens is 236 g/mol. The summed E-state index contributed by atoms with van der Waals surface area (Å²) in [7, 11) is 2.17. The van der Waals surface area contributed by atoms with Crippen LogP contribution in [0, 0.1) is 6.92 Å². The highest BCUT2D eigenvalue weighted by molar-refractivity contribution is 5.52. The molecule has 1 aromatic carbocycles. The second kappa shape index (κ2) is 6.80. The summed E-state index contributed by atoms with van der Waals surface area (Å²) in [6.07, 6.45) is 3.88. The summed E-state index contributed by atoms with van der Waals surface area (Å²) in [4.78, 5) is 2.34. The molecule has 0 spiro atoms. The van der Waals surface area contributed by atoms with Crippen molar-refractivity contribution in [2.24, 2.45) is 0 Å². The van der Waals surface area contributed by atoms with Crippen LogP contribution in [-0.4, -0.2) is 32.8 Å². The molecule has 1 saturated heterocycles. The van der Waals surface area contributed by atoms with Crippen LogP contribution in [-0.2, 0) is 0 Å². The second-order valence-electron chi connectivity index (χ2n) is 5.39. The van der Waals surface area contributed by atoms with Crippen LogP contribution in [0.15, 0.2) is 18.2 Å². The standard InChI is InChI=1S/C16H26N2O/c1-4-19-16-8-7-15(12-13(16)2)18(3)11-9-14-6-5-10-17-14/h7-8,12,14,17H,4-6,9-11H2,1-3H3. The first kappa shape index (κ1) is 14.2. The molecule has 106 valence electrons. The Morgan fingerprint density at radius 1 is 1.42 bits per heavy atom. The molecule has 3 nitrogen and oxygen atoms in total. The second-order valence-corrected chi connectivity index (χ2v) is 5.39. The van der Waals surface area contributed by atoms with Crippen LogP contribution >= 0.6 is 0 Å². The van der Waals surface area contributed by atoms with E-state index in [2.05, 4.69) is 42.4 Å². The first-order chi connectivity index (χ1) is 9.20. The van der Waals surface area contributed by atoms with Crippen molar-refractivity contribution in [2.75, 3.05) is 31.6 Å². The number of hydrogen-bond donors (Lipinski definition) is 1. The lowest BCUT2D eigenvalue weighted by Crippen LogP contribution is -2.28. The lowest BCUT2D eigenvalue weighted by molar-refractivity contribution is 0.338. The lowest BCUT2D eigenvalue weighted by Gasteiger charge is -2.22. The molecule has 1 aromatic rings. The zero-order chi connectivity index (χ0) is 13.7. The number of ether oxygens (including phenoxy) is 1. The largest absolute Gasteiger partial charge is 0.494 e. The molecule has 2 rings (SSSR count). The van der Waals surface area contributed by atoms with E-state index in [0.29, 0.717) is 6.04 Å². The predicted octanol–water partition coefficient (Wildman–Crippen LogP) is 2.97. The van der Waals surface area contributed by atoms with Gasteiger partial charge in [-0.15, -0.1) is 0 Å². The van der Waals surface area contributed by atoms with Crippen LogP contribution in [0.1, 0.15) is 31.7 Å². The summed E-state index contributed by atoms with van der Waals surface area (Å²) in [5.74, 6) is 0.997. The first-order valence-electron chi connectivity index (χ1n) is 7.38. The van der Waals surface area contributed by atoms with E-state index in [4.69, 9.17) is 4.74 Å². The molecular formula is C16H26N2O. The van der Waals surface area contributed by atoms with Gasteiger partial charge in [-0.05, 0) is 63.4 Å². The molecule has 0 radical (unpaired) electrons. The Balaban J connectivity index is 1.90. The molecule has 0 aromatic heterocycles. The highest BCUT2D eigenvalue weighted by atomic mass is 16.5. The van der Waals surface area contributed by atoms with Gasteiger partial charge in [-0.25, -0.2) is 0 Å².